The van der Waals surface area contributed by atoms with Gasteiger partial charge in [0.2, 0.25) is 5.91 Å². The number of rotatable bonds is 7. The van der Waals surface area contributed by atoms with Crippen LogP contribution in [0, 0.1) is 5.92 Å². The fraction of sp³-hybridized carbons (Fsp3) is 0.722. The first-order valence-corrected chi connectivity index (χ1v) is 9.22. The summed E-state index contributed by atoms with van der Waals surface area (Å²) in [5, 5.41) is 2.74. The van der Waals surface area contributed by atoms with Crippen molar-refractivity contribution in [2.45, 2.75) is 58.5 Å². The van der Waals surface area contributed by atoms with Gasteiger partial charge < -0.3 is 19.5 Å². The van der Waals surface area contributed by atoms with E-state index in [-0.39, 0.29) is 11.8 Å². The van der Waals surface area contributed by atoms with Crippen LogP contribution in [0.2, 0.25) is 0 Å². The molecular weight excluding hydrogens is 320 g/mol. The predicted octanol–water partition coefficient (Wildman–Crippen LogP) is 2.60. The third-order valence-corrected chi connectivity index (χ3v) is 4.66. The van der Waals surface area contributed by atoms with Crippen molar-refractivity contribution in [3.63, 3.8) is 0 Å². The summed E-state index contributed by atoms with van der Waals surface area (Å²) in [5.74, 6) is -0.0101. The molecule has 0 unspecified atom stereocenters. The summed E-state index contributed by atoms with van der Waals surface area (Å²) in [6.45, 7) is 7.68. The first-order chi connectivity index (χ1) is 12.0. The van der Waals surface area contributed by atoms with E-state index >= 15 is 0 Å². The van der Waals surface area contributed by atoms with E-state index in [0.717, 1.165) is 25.7 Å². The zero-order valence-electron chi connectivity index (χ0n) is 15.5. The highest BCUT2D eigenvalue weighted by molar-refractivity contribution is 5.86. The molecule has 0 aliphatic carbocycles. The van der Waals surface area contributed by atoms with E-state index in [1.165, 1.54) is 0 Å². The Morgan fingerprint density at radius 3 is 2.60 bits per heavy atom. The first-order valence-electron chi connectivity index (χ1n) is 9.22. The van der Waals surface area contributed by atoms with Gasteiger partial charge in [-0.1, -0.05) is 27.2 Å². The molecule has 140 valence electrons. The Bertz CT molecular complexity index is 537. The van der Waals surface area contributed by atoms with Crippen LogP contribution in [0.15, 0.2) is 18.7 Å². The molecule has 2 amide bonds. The van der Waals surface area contributed by atoms with Crippen LogP contribution in [-0.2, 0) is 9.53 Å². The quantitative estimate of drug-likeness (QED) is 0.767. The van der Waals surface area contributed by atoms with Gasteiger partial charge in [0, 0.05) is 31.5 Å². The zero-order valence-corrected chi connectivity index (χ0v) is 15.5. The van der Waals surface area contributed by atoms with Crippen molar-refractivity contribution >= 4 is 12.0 Å². The van der Waals surface area contributed by atoms with E-state index in [9.17, 15) is 9.59 Å². The number of amides is 2. The van der Waals surface area contributed by atoms with E-state index in [4.69, 9.17) is 4.74 Å². The van der Waals surface area contributed by atoms with Gasteiger partial charge in [-0.15, -0.1) is 0 Å². The second kappa shape index (κ2) is 9.44. The Balaban J connectivity index is 1.86. The normalized spacial score (nSPS) is 16.7. The molecule has 1 atom stereocenters. The van der Waals surface area contributed by atoms with Crippen molar-refractivity contribution in [2.24, 2.45) is 5.92 Å². The van der Waals surface area contributed by atoms with Crippen LogP contribution in [0.25, 0.3) is 0 Å². The van der Waals surface area contributed by atoms with Gasteiger partial charge in [0.25, 0.3) is 0 Å². The van der Waals surface area contributed by atoms with Crippen LogP contribution in [-0.4, -0.2) is 52.2 Å². The van der Waals surface area contributed by atoms with Gasteiger partial charge in [-0.05, 0) is 25.2 Å². The maximum absolute atomic E-state index is 12.8. The van der Waals surface area contributed by atoms with Crippen LogP contribution < -0.4 is 5.32 Å². The Morgan fingerprint density at radius 2 is 2.04 bits per heavy atom. The molecule has 1 aliphatic heterocycles. The van der Waals surface area contributed by atoms with Crippen LogP contribution >= 0.6 is 0 Å². The molecule has 0 spiro atoms. The van der Waals surface area contributed by atoms with Crippen LogP contribution in [0.1, 0.15) is 52.5 Å². The highest BCUT2D eigenvalue weighted by Gasteiger charge is 2.31. The Kier molecular flexibility index (Phi) is 7.28. The maximum Gasteiger partial charge on any atom is 0.407 e. The largest absolute Gasteiger partial charge is 0.450 e. The highest BCUT2D eigenvalue weighted by Crippen LogP contribution is 2.23. The number of ether oxygens (including phenoxy) is 1. The van der Waals surface area contributed by atoms with Gasteiger partial charge in [-0.2, -0.15) is 0 Å². The number of piperidine rings is 1. The maximum atomic E-state index is 12.8. The highest BCUT2D eigenvalue weighted by atomic mass is 16.5. The smallest absolute Gasteiger partial charge is 0.407 e. The number of nitrogens with one attached hydrogen (secondary N) is 1. The summed E-state index contributed by atoms with van der Waals surface area (Å²) < 4.78 is 7.24. The van der Waals surface area contributed by atoms with Gasteiger partial charge in [0.15, 0.2) is 0 Å². The number of nitrogens with zero attached hydrogens (tertiary/aromatic N) is 3. The minimum absolute atomic E-state index is 0.0117. The van der Waals surface area contributed by atoms with E-state index in [2.05, 4.69) is 14.9 Å². The molecule has 0 radical (unpaired) electrons. The molecule has 1 aromatic heterocycles. The fourth-order valence-electron chi connectivity index (χ4n) is 3.06. The molecule has 1 saturated heterocycles. The molecule has 1 fully saturated rings. The zero-order chi connectivity index (χ0) is 18.2. The van der Waals surface area contributed by atoms with Crippen LogP contribution in [0.4, 0.5) is 4.79 Å². The molecule has 0 aromatic carbocycles. The molecule has 25 heavy (non-hydrogen) atoms. The number of carbonyl (C=O) groups excluding carboxylic acids is 2. The fourth-order valence-corrected chi connectivity index (χ4v) is 3.06. The van der Waals surface area contributed by atoms with Gasteiger partial charge in [-0.25, -0.2) is 9.78 Å². The lowest BCUT2D eigenvalue weighted by Gasteiger charge is -2.35. The Labute approximate surface area is 149 Å². The molecule has 1 N–H and O–H groups in total. The average Bonchev–Trinajstić information content (AvgIpc) is 3.14. The Morgan fingerprint density at radius 1 is 1.32 bits per heavy atom. The van der Waals surface area contributed by atoms with Crippen molar-refractivity contribution in [1.29, 1.82) is 0 Å². The van der Waals surface area contributed by atoms with E-state index in [1.807, 2.05) is 38.2 Å². The molecular formula is C18H30N4O3. The second-order valence-electron chi connectivity index (χ2n) is 6.92. The summed E-state index contributed by atoms with van der Waals surface area (Å²) in [4.78, 5) is 30.7. The minimum atomic E-state index is -0.543. The van der Waals surface area contributed by atoms with Crippen LogP contribution in [0.3, 0.4) is 0 Å². The minimum Gasteiger partial charge on any atom is -0.450 e. The molecule has 1 aromatic rings. The van der Waals surface area contributed by atoms with E-state index < -0.39 is 12.1 Å². The molecule has 7 heteroatoms. The van der Waals surface area contributed by atoms with Gasteiger partial charge in [-0.3, -0.25) is 4.79 Å². The molecule has 0 bridgehead atoms. The summed E-state index contributed by atoms with van der Waals surface area (Å²) in [6.07, 6.45) is 8.65. The van der Waals surface area contributed by atoms with Gasteiger partial charge >= 0.3 is 6.09 Å². The summed E-state index contributed by atoms with van der Waals surface area (Å²) in [6, 6.07) is -0.157. The number of aromatic nitrogens is 2. The number of hydrogen-bond acceptors (Lipinski definition) is 4. The third kappa shape index (κ3) is 5.47. The standard InChI is InChI=1S/C18H30N4O3/c1-4-5-12-25-18(24)20-16(14(2)3)17(23)21-9-6-15(7-10-21)22-11-8-19-13-22/h8,11,13-16H,4-7,9-10,12H2,1-3H3,(H,20,24)/t16-/m0/s1. The van der Waals surface area contributed by atoms with E-state index in [0.29, 0.717) is 25.7 Å². The topological polar surface area (TPSA) is 76.5 Å². The van der Waals surface area contributed by atoms with Crippen molar-refractivity contribution in [1.82, 2.24) is 19.8 Å². The molecule has 1 aliphatic rings. The lowest BCUT2D eigenvalue weighted by atomic mass is 9.99. The second-order valence-corrected chi connectivity index (χ2v) is 6.92. The molecule has 7 nitrogen and oxygen atoms in total. The van der Waals surface area contributed by atoms with Crippen molar-refractivity contribution in [2.75, 3.05) is 19.7 Å². The van der Waals surface area contributed by atoms with Crippen LogP contribution in [0.5, 0.6) is 0 Å². The average molecular weight is 350 g/mol. The first kappa shape index (κ1) is 19.3. The third-order valence-electron chi connectivity index (χ3n) is 4.66. The lowest BCUT2D eigenvalue weighted by molar-refractivity contribution is -0.135. The lowest BCUT2D eigenvalue weighted by Crippen LogP contribution is -2.53. The predicted molar refractivity (Wildman–Crippen MR) is 95.1 cm³/mol. The number of carbonyl (C=O) groups is 2. The summed E-state index contributed by atoms with van der Waals surface area (Å²) in [7, 11) is 0. The molecule has 2 rings (SSSR count). The number of hydrogen-bond donors (Lipinski definition) is 1. The van der Waals surface area contributed by atoms with Crippen molar-refractivity contribution in [3.8, 4) is 0 Å². The van der Waals surface area contributed by atoms with Crippen molar-refractivity contribution in [3.05, 3.63) is 18.7 Å². The Hall–Kier alpha value is -2.05. The number of unbranched alkanes of at least 4 members (excludes halogenated alkanes) is 1. The molecule has 0 saturated carbocycles. The monoisotopic (exact) mass is 350 g/mol. The number of alkyl carbamates (subject to hydrolysis) is 1. The number of imidazole rings is 1. The van der Waals surface area contributed by atoms with E-state index in [1.54, 1.807) is 6.20 Å². The SMILES string of the molecule is CCCCOC(=O)N[C@H](C(=O)N1CCC(n2ccnc2)CC1)C(C)C. The molecule has 2 heterocycles. The summed E-state index contributed by atoms with van der Waals surface area (Å²) in [5.41, 5.74) is 0. The van der Waals surface area contributed by atoms with Crippen molar-refractivity contribution < 1.29 is 14.3 Å². The van der Waals surface area contributed by atoms with Gasteiger partial charge in [0.1, 0.15) is 6.04 Å². The van der Waals surface area contributed by atoms with Gasteiger partial charge in [0.05, 0.1) is 12.9 Å². The summed E-state index contributed by atoms with van der Waals surface area (Å²) >= 11 is 0. The number of likely N-dealkylation sites (tertiary alicyclic amines) is 1.